The van der Waals surface area contributed by atoms with Crippen molar-refractivity contribution in [2.75, 3.05) is 58.6 Å². The molecule has 134 valence electrons. The Morgan fingerprint density at radius 3 is 2.39 bits per heavy atom. The van der Waals surface area contributed by atoms with E-state index in [1.54, 1.807) is 6.92 Å². The Morgan fingerprint density at radius 1 is 1.22 bits per heavy atom. The highest BCUT2D eigenvalue weighted by atomic mass is 32.2. The van der Waals surface area contributed by atoms with E-state index in [1.807, 2.05) is 16.7 Å². The van der Waals surface area contributed by atoms with Gasteiger partial charge in [-0.2, -0.15) is 11.8 Å². The van der Waals surface area contributed by atoms with Crippen molar-refractivity contribution in [3.8, 4) is 0 Å². The molecule has 23 heavy (non-hydrogen) atoms. The summed E-state index contributed by atoms with van der Waals surface area (Å²) in [6, 6.07) is 0. The summed E-state index contributed by atoms with van der Waals surface area (Å²) in [5.41, 5.74) is 0. The van der Waals surface area contributed by atoms with Gasteiger partial charge >= 0.3 is 0 Å². The van der Waals surface area contributed by atoms with Gasteiger partial charge in [0.25, 0.3) is 0 Å². The van der Waals surface area contributed by atoms with Crippen LogP contribution in [0.25, 0.3) is 0 Å². The summed E-state index contributed by atoms with van der Waals surface area (Å²) in [5.74, 6) is 1.07. The maximum Gasteiger partial charge on any atom is 0.219 e. The number of nitrogens with zero attached hydrogens (tertiary/aromatic N) is 3. The zero-order valence-corrected chi connectivity index (χ0v) is 16.1. The van der Waals surface area contributed by atoms with Crippen LogP contribution in [0.1, 0.15) is 27.7 Å². The molecule has 0 atom stereocenters. The van der Waals surface area contributed by atoms with Crippen molar-refractivity contribution in [1.29, 1.82) is 0 Å². The number of rotatable bonds is 7. The summed E-state index contributed by atoms with van der Waals surface area (Å²) in [6.45, 7) is 15.2. The number of aliphatic imine (C=N–C) groups is 1. The van der Waals surface area contributed by atoms with Crippen molar-refractivity contribution in [2.45, 2.75) is 32.4 Å². The highest BCUT2D eigenvalue weighted by Crippen LogP contribution is 2.20. The molecule has 0 bridgehead atoms. The standard InChI is InChI=1S/C16H33N5OS/c1-6-17-15(19-13-16(3,4)23-5)18-7-8-20-9-11-21(12-10-20)14(2)22/h6-13H2,1-5H3,(H2,17,18,19). The molecule has 0 aromatic carbocycles. The van der Waals surface area contributed by atoms with Gasteiger partial charge in [0.2, 0.25) is 5.91 Å². The van der Waals surface area contributed by atoms with Gasteiger partial charge in [0.15, 0.2) is 5.96 Å². The lowest BCUT2D eigenvalue weighted by molar-refractivity contribution is -0.130. The quantitative estimate of drug-likeness (QED) is 0.530. The van der Waals surface area contributed by atoms with Gasteiger partial charge < -0.3 is 15.5 Å². The number of carbonyl (C=O) groups excluding carboxylic acids is 1. The first-order valence-electron chi connectivity index (χ1n) is 8.43. The first-order valence-corrected chi connectivity index (χ1v) is 9.65. The molecule has 1 rings (SSSR count). The number of hydrogen-bond donors (Lipinski definition) is 2. The molecule has 1 saturated heterocycles. The summed E-state index contributed by atoms with van der Waals surface area (Å²) in [4.78, 5) is 20.3. The number of carbonyl (C=O) groups is 1. The molecule has 0 aromatic rings. The van der Waals surface area contributed by atoms with E-state index in [2.05, 4.69) is 47.6 Å². The summed E-state index contributed by atoms with van der Waals surface area (Å²) in [6.07, 6.45) is 2.12. The molecule has 1 fully saturated rings. The molecule has 7 heteroatoms. The molecule has 1 amide bonds. The maximum absolute atomic E-state index is 11.3. The predicted octanol–water partition coefficient (Wildman–Crippen LogP) is 0.847. The van der Waals surface area contributed by atoms with Crippen LogP contribution in [-0.4, -0.2) is 85.0 Å². The molecule has 1 aliphatic heterocycles. The van der Waals surface area contributed by atoms with Crippen molar-refractivity contribution in [3.05, 3.63) is 0 Å². The van der Waals surface area contributed by atoms with Crippen molar-refractivity contribution in [3.63, 3.8) is 0 Å². The van der Waals surface area contributed by atoms with Crippen LogP contribution in [0.5, 0.6) is 0 Å². The Labute approximate surface area is 145 Å². The Morgan fingerprint density at radius 2 is 1.87 bits per heavy atom. The number of thioether (sulfide) groups is 1. The smallest absolute Gasteiger partial charge is 0.219 e. The van der Waals surface area contributed by atoms with E-state index in [-0.39, 0.29) is 10.7 Å². The van der Waals surface area contributed by atoms with Crippen LogP contribution < -0.4 is 10.6 Å². The van der Waals surface area contributed by atoms with Gasteiger partial charge in [0.05, 0.1) is 6.54 Å². The first kappa shape index (κ1) is 20.1. The van der Waals surface area contributed by atoms with E-state index in [1.165, 1.54) is 0 Å². The number of hydrogen-bond acceptors (Lipinski definition) is 4. The summed E-state index contributed by atoms with van der Waals surface area (Å²) in [5, 5.41) is 6.70. The maximum atomic E-state index is 11.3. The lowest BCUT2D eigenvalue weighted by Gasteiger charge is -2.34. The zero-order valence-electron chi connectivity index (χ0n) is 15.3. The van der Waals surface area contributed by atoms with Crippen molar-refractivity contribution in [2.24, 2.45) is 4.99 Å². The van der Waals surface area contributed by atoms with E-state index in [0.717, 1.165) is 58.3 Å². The average molecular weight is 344 g/mol. The Kier molecular flexibility index (Phi) is 8.76. The Bertz CT molecular complexity index is 392. The normalized spacial score (nSPS) is 17.3. The predicted molar refractivity (Wildman–Crippen MR) is 100 cm³/mol. The monoisotopic (exact) mass is 343 g/mol. The van der Waals surface area contributed by atoms with Gasteiger partial charge in [0.1, 0.15) is 0 Å². The van der Waals surface area contributed by atoms with Gasteiger partial charge in [0, 0.05) is 57.5 Å². The molecular weight excluding hydrogens is 310 g/mol. The Hall–Kier alpha value is -0.950. The molecule has 0 spiro atoms. The summed E-state index contributed by atoms with van der Waals surface area (Å²) >= 11 is 1.83. The molecular formula is C16H33N5OS. The van der Waals surface area contributed by atoms with Gasteiger partial charge in [-0.3, -0.25) is 14.7 Å². The average Bonchev–Trinajstić information content (AvgIpc) is 2.53. The molecule has 0 aliphatic carbocycles. The second-order valence-corrected chi connectivity index (χ2v) is 7.95. The van der Waals surface area contributed by atoms with Gasteiger partial charge in [-0.1, -0.05) is 0 Å². The fraction of sp³-hybridized carbons (Fsp3) is 0.875. The molecule has 0 aromatic heterocycles. The minimum atomic E-state index is 0.158. The van der Waals surface area contributed by atoms with Crippen molar-refractivity contribution in [1.82, 2.24) is 20.4 Å². The van der Waals surface area contributed by atoms with Crippen molar-refractivity contribution >= 4 is 23.6 Å². The zero-order chi connectivity index (χ0) is 17.3. The summed E-state index contributed by atoms with van der Waals surface area (Å²) in [7, 11) is 0. The second-order valence-electron chi connectivity index (χ2n) is 6.43. The van der Waals surface area contributed by atoms with Crippen molar-refractivity contribution < 1.29 is 4.79 Å². The first-order chi connectivity index (χ1) is 10.9. The second kappa shape index (κ2) is 10.0. The van der Waals surface area contributed by atoms with E-state index in [0.29, 0.717) is 0 Å². The van der Waals surface area contributed by atoms with E-state index < -0.39 is 0 Å². The van der Waals surface area contributed by atoms with Gasteiger partial charge in [-0.05, 0) is 27.0 Å². The third kappa shape index (κ3) is 7.92. The number of guanidine groups is 1. The lowest BCUT2D eigenvalue weighted by atomic mass is 10.2. The number of nitrogens with one attached hydrogen (secondary N) is 2. The van der Waals surface area contributed by atoms with Crippen LogP contribution >= 0.6 is 11.8 Å². The summed E-state index contributed by atoms with van der Waals surface area (Å²) < 4.78 is 0.158. The minimum absolute atomic E-state index is 0.158. The topological polar surface area (TPSA) is 60.0 Å². The number of amides is 1. The SMILES string of the molecule is CCNC(=NCC(C)(C)SC)NCCN1CCN(C(C)=O)CC1. The van der Waals surface area contributed by atoms with Gasteiger partial charge in [-0.25, -0.2) is 0 Å². The van der Waals surface area contributed by atoms with Crippen LogP contribution in [0, 0.1) is 0 Å². The fourth-order valence-corrected chi connectivity index (χ4v) is 2.49. The van der Waals surface area contributed by atoms with Crippen LogP contribution in [0.15, 0.2) is 4.99 Å². The highest BCUT2D eigenvalue weighted by molar-refractivity contribution is 7.99. The molecule has 2 N–H and O–H groups in total. The van der Waals surface area contributed by atoms with Crippen LogP contribution in [-0.2, 0) is 4.79 Å². The van der Waals surface area contributed by atoms with Crippen LogP contribution in [0.3, 0.4) is 0 Å². The molecule has 6 nitrogen and oxygen atoms in total. The molecule has 1 aliphatic rings. The molecule has 1 heterocycles. The molecule has 0 saturated carbocycles. The van der Waals surface area contributed by atoms with E-state index >= 15 is 0 Å². The fourth-order valence-electron chi connectivity index (χ4n) is 2.29. The van der Waals surface area contributed by atoms with Crippen LogP contribution in [0.4, 0.5) is 0 Å². The van der Waals surface area contributed by atoms with E-state index in [4.69, 9.17) is 0 Å². The lowest BCUT2D eigenvalue weighted by Crippen LogP contribution is -2.50. The molecule has 0 unspecified atom stereocenters. The molecule has 0 radical (unpaired) electrons. The third-order valence-corrected chi connectivity index (χ3v) is 5.29. The third-order valence-electron chi connectivity index (χ3n) is 4.05. The number of piperazine rings is 1. The highest BCUT2D eigenvalue weighted by Gasteiger charge is 2.18. The Balaban J connectivity index is 2.33. The minimum Gasteiger partial charge on any atom is -0.357 e. The van der Waals surface area contributed by atoms with Crippen LogP contribution in [0.2, 0.25) is 0 Å². The van der Waals surface area contributed by atoms with E-state index in [9.17, 15) is 4.79 Å². The largest absolute Gasteiger partial charge is 0.357 e. The van der Waals surface area contributed by atoms with Gasteiger partial charge in [-0.15, -0.1) is 0 Å².